The normalized spacial score (nSPS) is 23.4. The van der Waals surface area contributed by atoms with Gasteiger partial charge in [0, 0.05) is 145 Å². The van der Waals surface area contributed by atoms with Crippen LogP contribution >= 0.6 is 0 Å². The van der Waals surface area contributed by atoms with Crippen molar-refractivity contribution in [2.24, 2.45) is 4.99 Å². The average Bonchev–Trinajstić information content (AvgIpc) is 1.58. The molecule has 12 fully saturated rings. The molecule has 42 heteroatoms. The molecule has 13 heterocycles. The fraction of sp³-hybridized carbons (Fsp3) is 0.545. The second-order valence-corrected chi connectivity index (χ2v) is 48.4. The van der Waals surface area contributed by atoms with Gasteiger partial charge in [-0.2, -0.15) is 17.2 Å². The number of amides is 3. The van der Waals surface area contributed by atoms with Crippen LogP contribution in [0.3, 0.4) is 0 Å². The molecule has 12 saturated heterocycles. The summed E-state index contributed by atoms with van der Waals surface area (Å²) in [4.78, 5) is 86.8. The molecule has 13 aliphatic heterocycles. The van der Waals surface area contributed by atoms with E-state index in [1.165, 1.54) is 118 Å². The monoisotopic (exact) mass is 2040 g/mol. The molecule has 0 aromatic heterocycles. The maximum absolute atomic E-state index is 13.7. The fourth-order valence-corrected chi connectivity index (χ4v) is 28.8. The summed E-state index contributed by atoms with van der Waals surface area (Å²) >= 11 is 0. The van der Waals surface area contributed by atoms with Crippen molar-refractivity contribution in [1.82, 2.24) is 84.3 Å². The molecule has 0 aliphatic carbocycles. The molecule has 6 spiro atoms. The first-order valence-corrected chi connectivity index (χ1v) is 56.2. The molecule has 19 rings (SSSR count). The predicted octanol–water partition coefficient (Wildman–Crippen LogP) is 4.98. The molecule has 768 valence electrons. The molecule has 3 unspecified atom stereocenters. The van der Waals surface area contributed by atoms with Gasteiger partial charge in [0.2, 0.25) is 57.8 Å². The highest BCUT2D eigenvalue weighted by atomic mass is 32.2. The number of sulfonamides is 4. The Kier molecular flexibility index (Phi) is 35.1. The number of sulfone groups is 1. The van der Waals surface area contributed by atoms with Gasteiger partial charge in [-0.05, 0) is 232 Å². The second-order valence-electron chi connectivity index (χ2n) is 38.9. The lowest BCUT2D eigenvalue weighted by Gasteiger charge is -2.42. The highest BCUT2D eigenvalue weighted by Gasteiger charge is 2.59. The summed E-state index contributed by atoms with van der Waals surface area (Å²) in [6, 6.07) is 43.3. The number of Topliss-reactive ketones (excluding diaryl/α,β-unsaturated/α-hetero) is 3. The molecule has 0 bridgehead atoms. The number of likely N-dealkylation sites (N-methyl/N-ethyl adjacent to an activating group) is 2. The number of likely N-dealkylation sites (tertiary alicyclic amines) is 1. The number of hydrogen-bond acceptors (Lipinski definition) is 30. The average molecular weight is 2040 g/mol. The number of hydrogen-bond donors (Lipinski definition) is 8. The van der Waals surface area contributed by atoms with E-state index in [1.54, 1.807) is 34.8 Å². The fourth-order valence-electron chi connectivity index (χ4n) is 21.0. The van der Waals surface area contributed by atoms with Crippen LogP contribution in [0.15, 0.2) is 199 Å². The first-order valence-electron chi connectivity index (χ1n) is 48.6. The summed E-state index contributed by atoms with van der Waals surface area (Å²) in [5.74, 6) is -0.210. The molecule has 37 nitrogen and oxygen atoms in total. The van der Waals surface area contributed by atoms with Crippen LogP contribution in [0.1, 0.15) is 153 Å². The van der Waals surface area contributed by atoms with E-state index in [9.17, 15) is 70.9 Å². The third-order valence-electron chi connectivity index (χ3n) is 28.4. The molecule has 3 atom stereocenters. The van der Waals surface area contributed by atoms with E-state index in [-0.39, 0.29) is 89.5 Å². The van der Waals surface area contributed by atoms with Crippen molar-refractivity contribution in [3.63, 3.8) is 0 Å². The van der Waals surface area contributed by atoms with Gasteiger partial charge in [0.25, 0.3) is 0 Å². The smallest absolute Gasteiger partial charge is 0.245 e. The van der Waals surface area contributed by atoms with Crippen molar-refractivity contribution in [2.45, 2.75) is 201 Å². The first kappa shape index (κ1) is 108. The highest BCUT2D eigenvalue weighted by Crippen LogP contribution is 2.45. The molecule has 13 aliphatic rings. The number of nitrogens with one attached hydrogen (secondary N) is 8. The van der Waals surface area contributed by atoms with Crippen LogP contribution in [-0.2, 0) is 91.6 Å². The Morgan fingerprint density at radius 2 is 0.837 bits per heavy atom. The van der Waals surface area contributed by atoms with E-state index in [0.717, 1.165) is 96.5 Å². The van der Waals surface area contributed by atoms with Gasteiger partial charge < -0.3 is 71.0 Å². The van der Waals surface area contributed by atoms with Crippen LogP contribution in [0.4, 0.5) is 0 Å². The number of carbonyl (C=O) groups excluding carboxylic acids is 6. The molecule has 6 aromatic carbocycles. The Labute approximate surface area is 830 Å². The first-order chi connectivity index (χ1) is 67.1. The topological polar surface area (TPSA) is 439 Å². The van der Waals surface area contributed by atoms with Crippen LogP contribution < -0.4 is 42.5 Å². The van der Waals surface area contributed by atoms with Gasteiger partial charge in [0.1, 0.15) is 28.9 Å². The molecular formula is C99H138N18O19S5. The minimum absolute atomic E-state index is 0.0748. The Balaban J connectivity index is 0.000000136. The van der Waals surface area contributed by atoms with E-state index in [2.05, 4.69) is 93.7 Å². The lowest BCUT2D eigenvalue weighted by atomic mass is 9.97. The number of carbonyl (C=O) groups is 6. The van der Waals surface area contributed by atoms with E-state index < -0.39 is 78.8 Å². The van der Waals surface area contributed by atoms with Gasteiger partial charge in [-0.25, -0.2) is 42.1 Å². The van der Waals surface area contributed by atoms with Crippen LogP contribution in [0.5, 0.6) is 0 Å². The Morgan fingerprint density at radius 1 is 0.447 bits per heavy atom. The number of aliphatic imine (C=N–C) groups is 1. The summed E-state index contributed by atoms with van der Waals surface area (Å²) < 4.78 is 154. The maximum Gasteiger partial charge on any atom is 0.245 e. The van der Waals surface area contributed by atoms with Crippen molar-refractivity contribution in [3.05, 3.63) is 197 Å². The quantitative estimate of drug-likeness (QED) is 0.0416. The standard InChI is InChI=1S/C20H24N4O4S.C19H29N3O4S.C18H27N3O4S.2C14H19N3O.C14H20N2O5S2/c1-14(25)15-4-6-17(7-5-15)29(27,28)24-18(13-16-3-2-10-22-16)19(26)23-20(24)8-11-21-12-9-20;1-15(23)16-5-7-18(8-6-16)27(24,25)22-14-17(13-20(2)3)26-19(22)9-11-21(4)12-10-19;1-14(22)15-4-6-17(7-5-15)26(23,24)21-13-16(12-20(2)3)25-18(21)8-10-19-11-9-18;18-13-10-16-14(6-8-15-9-7-14)17(13)11-12-4-2-1-3-5-12;18-13-11-17(10-12-4-2-1-3-5-12)14(16-13)6-8-15-9-7-14;1-22(17,18)12-2-4-13(5-3-12)23(19,20)16-10-11-21-14(16)6-8-15-9-7-14/h3-7,10,18,21H,2,8-9,11-13H2,1H3,(H,23,26);5-8,17H,9-14H2,1-4H3;4-7,16,19H,8-13H2,1-3H3;1-5,15-16H,6-11H2;1-5,15H,6-11H2,(H,16,18);2-5,15H,6-11H2,1H3. The van der Waals surface area contributed by atoms with E-state index in [0.29, 0.717) is 160 Å². The summed E-state index contributed by atoms with van der Waals surface area (Å²) in [7, 11) is -8.61. The van der Waals surface area contributed by atoms with Crippen molar-refractivity contribution >= 4 is 91.2 Å². The van der Waals surface area contributed by atoms with Crippen molar-refractivity contribution in [1.29, 1.82) is 0 Å². The molecule has 141 heavy (non-hydrogen) atoms. The van der Waals surface area contributed by atoms with Crippen LogP contribution in [0.25, 0.3) is 0 Å². The zero-order valence-corrected chi connectivity index (χ0v) is 86.2. The molecule has 3 amide bonds. The molecule has 0 radical (unpaired) electrons. The molecule has 0 saturated carbocycles. The number of allylic oxidation sites excluding steroid dienone is 1. The van der Waals surface area contributed by atoms with Gasteiger partial charge in [0.15, 0.2) is 27.2 Å². The zero-order chi connectivity index (χ0) is 101. The minimum Gasteiger partial charge on any atom is -0.358 e. The SMILES string of the molecule is CC(=O)c1ccc(S(=O)(=O)N2C(CC3=CCC=N3)C(=O)NC23CCNCC3)cc1.CC(=O)c1ccc(S(=O)(=O)N2CC(CN(C)C)OC23CCN(C)CC3)cc1.CC(=O)c1ccc(S(=O)(=O)N2CC(CN(C)C)OC23CCNCC3)cc1.CS(=O)(=O)c1ccc(S(=O)(=O)N2CCOC23CCNCC3)cc1.O=C1CN(Cc2ccccc2)C2(CCNCC2)N1.O=C1CNC2(CCNCC2)N1Cc1ccccc1. The lowest BCUT2D eigenvalue weighted by molar-refractivity contribution is -0.132. The number of rotatable bonds is 22. The van der Waals surface area contributed by atoms with Crippen LogP contribution in [-0.4, -0.2) is 350 Å². The van der Waals surface area contributed by atoms with Crippen LogP contribution in [0, 0.1) is 0 Å². The number of piperidine rings is 6. The van der Waals surface area contributed by atoms with E-state index >= 15 is 0 Å². The second kappa shape index (κ2) is 45.9. The number of nitrogens with zero attached hydrogens (tertiary/aromatic N) is 10. The van der Waals surface area contributed by atoms with Crippen LogP contribution in [0.2, 0.25) is 0 Å². The number of ether oxygens (including phenoxy) is 3. The van der Waals surface area contributed by atoms with Crippen molar-refractivity contribution < 1.29 is 85.1 Å². The Morgan fingerprint density at radius 3 is 1.26 bits per heavy atom. The summed E-state index contributed by atoms with van der Waals surface area (Å²) in [6.07, 6.45) is 14.1. The maximum atomic E-state index is 13.7. The van der Waals surface area contributed by atoms with E-state index in [4.69, 9.17) is 14.2 Å². The largest absolute Gasteiger partial charge is 0.358 e. The summed E-state index contributed by atoms with van der Waals surface area (Å²) in [5.41, 5.74) is 1.12. The van der Waals surface area contributed by atoms with E-state index in [1.807, 2.05) is 80.3 Å². The third kappa shape index (κ3) is 25.1. The molecule has 6 aromatic rings. The summed E-state index contributed by atoms with van der Waals surface area (Å²) in [6.45, 7) is 19.3. The van der Waals surface area contributed by atoms with Gasteiger partial charge in [-0.1, -0.05) is 103 Å². The Bertz CT molecular complexity index is 6030. The zero-order valence-electron chi connectivity index (χ0n) is 82.1. The van der Waals surface area contributed by atoms with Crippen molar-refractivity contribution in [2.75, 3.05) is 172 Å². The molecular weight excluding hydrogens is 1910 g/mol. The lowest BCUT2D eigenvalue weighted by Crippen LogP contribution is -2.60. The number of benzene rings is 6. The third-order valence-corrected chi connectivity index (χ3v) is 37.4. The highest BCUT2D eigenvalue weighted by molar-refractivity contribution is 7.91. The van der Waals surface area contributed by atoms with Gasteiger partial charge in [-0.15, -0.1) is 0 Å². The van der Waals surface area contributed by atoms with Crippen molar-refractivity contribution in [3.8, 4) is 0 Å². The minimum atomic E-state index is -3.98. The molecule has 8 N–H and O–H groups in total. The summed E-state index contributed by atoms with van der Waals surface area (Å²) in [5, 5.41) is 26.0. The number of ketones is 3. The Hall–Kier alpha value is -8.78. The predicted molar refractivity (Wildman–Crippen MR) is 534 cm³/mol. The van der Waals surface area contributed by atoms with Gasteiger partial charge in [0.05, 0.1) is 67.7 Å². The van der Waals surface area contributed by atoms with Gasteiger partial charge in [-0.3, -0.25) is 44.0 Å². The van der Waals surface area contributed by atoms with Gasteiger partial charge >= 0.3 is 0 Å².